The normalized spacial score (nSPS) is 11.6. The van der Waals surface area contributed by atoms with Crippen LogP contribution in [0.3, 0.4) is 0 Å². The monoisotopic (exact) mass is 395 g/mol. The Kier molecular flexibility index (Phi) is 7.19. The first-order chi connectivity index (χ1) is 14.1. The Morgan fingerprint density at radius 3 is 1.93 bits per heavy atom. The van der Waals surface area contributed by atoms with Crippen molar-refractivity contribution in [3.8, 4) is 11.6 Å². The van der Waals surface area contributed by atoms with Gasteiger partial charge >= 0.3 is 7.48 Å². The molecule has 0 saturated heterocycles. The number of hydrogen-bond donors (Lipinski definition) is 1. The van der Waals surface area contributed by atoms with Crippen LogP contribution in [0.2, 0.25) is 0 Å². The van der Waals surface area contributed by atoms with Gasteiger partial charge in [-0.15, -0.1) is 0 Å². The highest BCUT2D eigenvalue weighted by Gasteiger charge is 2.11. The molecule has 8 nitrogen and oxygen atoms in total. The smallest absolute Gasteiger partial charge is 0.305 e. The van der Waals surface area contributed by atoms with Crippen LogP contribution in [0, 0.1) is 0 Å². The van der Waals surface area contributed by atoms with E-state index in [0.29, 0.717) is 11.6 Å². The molecule has 9 heteroatoms. The van der Waals surface area contributed by atoms with Gasteiger partial charge in [-0.25, -0.2) is 14.3 Å². The Bertz CT molecular complexity index is 919. The molecular formula is C20H30BN7O. The molecule has 0 atom stereocenters. The van der Waals surface area contributed by atoms with Crippen molar-refractivity contribution in [2.45, 2.75) is 33.9 Å². The van der Waals surface area contributed by atoms with Crippen LogP contribution in [0.5, 0.6) is 0 Å². The lowest BCUT2D eigenvalue weighted by molar-refractivity contribution is 0.291. The molecule has 0 fully saturated rings. The quantitative estimate of drug-likeness (QED) is 0.510. The average molecular weight is 395 g/mol. The summed E-state index contributed by atoms with van der Waals surface area (Å²) in [5, 5.41) is 19.0. The standard InChI is InChI=1S/C20H30BN7O/c1-5-25(4)14-17-8-10-27(23-17)19-12-16(21-29)13-20(22-19)28-11-9-18(24-28)15-26(6-2)7-3/h8-13,21,29H,5-7,14-15H2,1-4H3. The molecule has 154 valence electrons. The molecule has 0 spiro atoms. The van der Waals surface area contributed by atoms with Crippen molar-refractivity contribution in [3.63, 3.8) is 0 Å². The minimum atomic E-state index is -0.0667. The maximum absolute atomic E-state index is 9.72. The third kappa shape index (κ3) is 5.32. The van der Waals surface area contributed by atoms with Crippen LogP contribution in [0.4, 0.5) is 0 Å². The van der Waals surface area contributed by atoms with Crippen molar-refractivity contribution in [2.24, 2.45) is 0 Å². The molecule has 0 aromatic carbocycles. The minimum Gasteiger partial charge on any atom is -0.449 e. The van der Waals surface area contributed by atoms with Crippen molar-refractivity contribution < 1.29 is 5.02 Å². The molecule has 0 aliphatic carbocycles. The van der Waals surface area contributed by atoms with Gasteiger partial charge in [-0.05, 0) is 56.4 Å². The van der Waals surface area contributed by atoms with Gasteiger partial charge in [0.05, 0.1) is 11.4 Å². The first-order valence-corrected chi connectivity index (χ1v) is 10.2. The summed E-state index contributed by atoms with van der Waals surface area (Å²) in [5.41, 5.74) is 2.75. The van der Waals surface area contributed by atoms with Gasteiger partial charge in [-0.3, -0.25) is 4.90 Å². The Morgan fingerprint density at radius 1 is 0.897 bits per heavy atom. The Balaban J connectivity index is 1.87. The molecule has 3 heterocycles. The fraction of sp³-hybridized carbons (Fsp3) is 0.450. The fourth-order valence-electron chi connectivity index (χ4n) is 3.09. The highest BCUT2D eigenvalue weighted by molar-refractivity contribution is 6.45. The molecule has 0 bridgehead atoms. The van der Waals surface area contributed by atoms with Crippen LogP contribution in [0.1, 0.15) is 32.2 Å². The third-order valence-corrected chi connectivity index (χ3v) is 5.05. The highest BCUT2D eigenvalue weighted by atomic mass is 16.2. The third-order valence-electron chi connectivity index (χ3n) is 5.05. The van der Waals surface area contributed by atoms with Crippen LogP contribution >= 0.6 is 0 Å². The lowest BCUT2D eigenvalue weighted by Crippen LogP contribution is -2.22. The predicted molar refractivity (Wildman–Crippen MR) is 116 cm³/mol. The number of hydrogen-bond acceptors (Lipinski definition) is 6. The molecule has 0 aliphatic rings. The summed E-state index contributed by atoms with van der Waals surface area (Å²) in [7, 11) is 2.00. The van der Waals surface area contributed by atoms with Crippen LogP contribution in [-0.4, -0.2) is 73.5 Å². The summed E-state index contributed by atoms with van der Waals surface area (Å²) in [4.78, 5) is 9.23. The second-order valence-electron chi connectivity index (χ2n) is 7.14. The molecule has 0 radical (unpaired) electrons. The van der Waals surface area contributed by atoms with Gasteiger partial charge in [0.2, 0.25) is 0 Å². The van der Waals surface area contributed by atoms with Gasteiger partial charge in [0.25, 0.3) is 0 Å². The first-order valence-electron chi connectivity index (χ1n) is 10.2. The molecule has 3 aromatic heterocycles. The second kappa shape index (κ2) is 9.82. The van der Waals surface area contributed by atoms with E-state index in [9.17, 15) is 5.02 Å². The predicted octanol–water partition coefficient (Wildman–Crippen LogP) is 0.716. The SMILES string of the molecule is CCN(C)Cc1ccn(-c2cc(BO)cc(-n3ccc(CN(CC)CC)n3)n2)n1. The molecule has 0 unspecified atom stereocenters. The zero-order valence-electron chi connectivity index (χ0n) is 17.8. The van der Waals surface area contributed by atoms with E-state index in [1.807, 2.05) is 36.7 Å². The lowest BCUT2D eigenvalue weighted by Gasteiger charge is -2.15. The molecule has 0 amide bonds. The molecule has 3 aromatic rings. The van der Waals surface area contributed by atoms with E-state index in [1.165, 1.54) is 0 Å². The van der Waals surface area contributed by atoms with Crippen molar-refractivity contribution >= 4 is 12.9 Å². The van der Waals surface area contributed by atoms with E-state index < -0.39 is 0 Å². The summed E-state index contributed by atoms with van der Waals surface area (Å²) >= 11 is 0. The highest BCUT2D eigenvalue weighted by Crippen LogP contribution is 2.11. The van der Waals surface area contributed by atoms with Gasteiger partial charge in [0.15, 0.2) is 11.6 Å². The summed E-state index contributed by atoms with van der Waals surface area (Å²) in [6.07, 6.45) is 3.82. The van der Waals surface area contributed by atoms with E-state index in [4.69, 9.17) is 4.98 Å². The van der Waals surface area contributed by atoms with Crippen molar-refractivity contribution in [1.29, 1.82) is 0 Å². The minimum absolute atomic E-state index is 0.0667. The topological polar surface area (TPSA) is 75.2 Å². The molecule has 0 aliphatic heterocycles. The van der Waals surface area contributed by atoms with Gasteiger partial charge < -0.3 is 9.92 Å². The maximum Gasteiger partial charge on any atom is 0.305 e. The summed E-state index contributed by atoms with van der Waals surface area (Å²) in [5.74, 6) is 1.33. The number of nitrogens with zero attached hydrogens (tertiary/aromatic N) is 7. The Morgan fingerprint density at radius 2 is 1.45 bits per heavy atom. The zero-order valence-corrected chi connectivity index (χ0v) is 17.8. The van der Waals surface area contributed by atoms with Crippen LogP contribution in [0.15, 0.2) is 36.7 Å². The van der Waals surface area contributed by atoms with Crippen LogP contribution in [-0.2, 0) is 13.1 Å². The molecule has 1 N–H and O–H groups in total. The molecule has 3 rings (SSSR count). The lowest BCUT2D eigenvalue weighted by atomic mass is 9.89. The average Bonchev–Trinajstić information content (AvgIpc) is 3.41. The first kappa shape index (κ1) is 21.2. The van der Waals surface area contributed by atoms with Crippen LogP contribution < -0.4 is 5.46 Å². The number of aromatic nitrogens is 5. The number of rotatable bonds is 10. The second-order valence-corrected chi connectivity index (χ2v) is 7.14. The largest absolute Gasteiger partial charge is 0.449 e. The van der Waals surface area contributed by atoms with E-state index in [-0.39, 0.29) is 7.48 Å². The van der Waals surface area contributed by atoms with Crippen LogP contribution in [0.25, 0.3) is 11.6 Å². The maximum atomic E-state index is 9.72. The molecular weight excluding hydrogens is 365 g/mol. The van der Waals surface area contributed by atoms with Gasteiger partial charge in [0.1, 0.15) is 0 Å². The summed E-state index contributed by atoms with van der Waals surface area (Å²) in [6.45, 7) is 10.9. The van der Waals surface area contributed by atoms with E-state index in [2.05, 4.69) is 47.8 Å². The van der Waals surface area contributed by atoms with Gasteiger partial charge in [-0.1, -0.05) is 20.8 Å². The number of pyridine rings is 1. The van der Waals surface area contributed by atoms with E-state index in [0.717, 1.165) is 49.6 Å². The van der Waals surface area contributed by atoms with E-state index in [1.54, 1.807) is 9.36 Å². The molecule has 0 saturated carbocycles. The van der Waals surface area contributed by atoms with Gasteiger partial charge in [-0.2, -0.15) is 10.2 Å². The Hall–Kier alpha value is -2.49. The Labute approximate surface area is 173 Å². The summed E-state index contributed by atoms with van der Waals surface area (Å²) in [6, 6.07) is 7.71. The molecule has 29 heavy (non-hydrogen) atoms. The summed E-state index contributed by atoms with van der Waals surface area (Å²) < 4.78 is 3.51. The zero-order chi connectivity index (χ0) is 20.8. The van der Waals surface area contributed by atoms with Crippen molar-refractivity contribution in [1.82, 2.24) is 34.3 Å². The van der Waals surface area contributed by atoms with Crippen molar-refractivity contribution in [3.05, 3.63) is 48.0 Å². The van der Waals surface area contributed by atoms with Crippen molar-refractivity contribution in [2.75, 3.05) is 26.7 Å². The van der Waals surface area contributed by atoms with Gasteiger partial charge in [0, 0.05) is 25.5 Å². The fourth-order valence-corrected chi connectivity index (χ4v) is 3.09. The van der Waals surface area contributed by atoms with E-state index >= 15 is 0 Å².